The molecule has 0 fully saturated rings. The summed E-state index contributed by atoms with van der Waals surface area (Å²) in [5, 5.41) is 12.0. The SMILES string of the molecule is CNC(C)(C#N)CCSc1ccc(C)cc1. The third-order valence-electron chi connectivity index (χ3n) is 2.69. The fraction of sp³-hybridized carbons (Fsp3) is 0.462. The highest BCUT2D eigenvalue weighted by atomic mass is 32.2. The summed E-state index contributed by atoms with van der Waals surface area (Å²) in [5.74, 6) is 0.952. The Morgan fingerprint density at radius 3 is 2.50 bits per heavy atom. The summed E-state index contributed by atoms with van der Waals surface area (Å²) < 4.78 is 0. The lowest BCUT2D eigenvalue weighted by Gasteiger charge is -2.19. The van der Waals surface area contributed by atoms with Gasteiger partial charge in [0.05, 0.1) is 6.07 Å². The molecule has 2 nitrogen and oxygen atoms in total. The standard InChI is InChI=1S/C13H18N2S/c1-11-4-6-12(7-5-11)16-9-8-13(2,10-14)15-3/h4-7,15H,8-9H2,1-3H3. The molecule has 0 radical (unpaired) electrons. The van der Waals surface area contributed by atoms with E-state index in [1.165, 1.54) is 10.5 Å². The molecule has 0 aliphatic heterocycles. The zero-order valence-corrected chi connectivity index (χ0v) is 10.9. The van der Waals surface area contributed by atoms with Crippen molar-refractivity contribution in [2.24, 2.45) is 0 Å². The molecule has 1 atom stereocenters. The molecule has 0 amide bonds. The van der Waals surface area contributed by atoms with Crippen molar-refractivity contribution in [3.8, 4) is 6.07 Å². The van der Waals surface area contributed by atoms with Gasteiger partial charge in [-0.25, -0.2) is 0 Å². The quantitative estimate of drug-likeness (QED) is 0.796. The van der Waals surface area contributed by atoms with Crippen LogP contribution in [0.2, 0.25) is 0 Å². The van der Waals surface area contributed by atoms with Crippen LogP contribution >= 0.6 is 11.8 Å². The van der Waals surface area contributed by atoms with Crippen molar-refractivity contribution in [2.45, 2.75) is 30.7 Å². The molecule has 16 heavy (non-hydrogen) atoms. The lowest BCUT2D eigenvalue weighted by molar-refractivity contribution is 0.480. The van der Waals surface area contributed by atoms with Gasteiger partial charge in [-0.2, -0.15) is 5.26 Å². The molecule has 0 spiro atoms. The smallest absolute Gasteiger partial charge is 0.104 e. The number of hydrogen-bond donors (Lipinski definition) is 1. The van der Waals surface area contributed by atoms with E-state index in [2.05, 4.69) is 42.6 Å². The van der Waals surface area contributed by atoms with Crippen LogP contribution < -0.4 is 5.32 Å². The Morgan fingerprint density at radius 1 is 1.38 bits per heavy atom. The Balaban J connectivity index is 2.42. The summed E-state index contributed by atoms with van der Waals surface area (Å²) in [6, 6.07) is 10.8. The van der Waals surface area contributed by atoms with E-state index in [-0.39, 0.29) is 0 Å². The number of benzene rings is 1. The maximum Gasteiger partial charge on any atom is 0.104 e. The Bertz CT molecular complexity index is 367. The number of thioether (sulfide) groups is 1. The van der Waals surface area contributed by atoms with E-state index in [1.807, 2.05) is 14.0 Å². The lowest BCUT2D eigenvalue weighted by Crippen LogP contribution is -2.38. The van der Waals surface area contributed by atoms with Gasteiger partial charge in [-0.1, -0.05) is 17.7 Å². The minimum atomic E-state index is -0.405. The van der Waals surface area contributed by atoms with Gasteiger partial charge in [0.2, 0.25) is 0 Å². The number of nitrogens with one attached hydrogen (secondary N) is 1. The monoisotopic (exact) mass is 234 g/mol. The first-order valence-electron chi connectivity index (χ1n) is 5.39. The van der Waals surface area contributed by atoms with Gasteiger partial charge in [-0.05, 0) is 39.4 Å². The molecule has 0 heterocycles. The van der Waals surface area contributed by atoms with E-state index in [0.29, 0.717) is 0 Å². The third-order valence-corrected chi connectivity index (χ3v) is 3.70. The highest BCUT2D eigenvalue weighted by Crippen LogP contribution is 2.21. The van der Waals surface area contributed by atoms with Gasteiger partial charge in [-0.15, -0.1) is 11.8 Å². The first-order valence-corrected chi connectivity index (χ1v) is 6.38. The van der Waals surface area contributed by atoms with Gasteiger partial charge < -0.3 is 5.32 Å². The van der Waals surface area contributed by atoms with Gasteiger partial charge >= 0.3 is 0 Å². The number of hydrogen-bond acceptors (Lipinski definition) is 3. The van der Waals surface area contributed by atoms with E-state index in [9.17, 15) is 0 Å². The number of aryl methyl sites for hydroxylation is 1. The van der Waals surface area contributed by atoms with Crippen molar-refractivity contribution in [3.63, 3.8) is 0 Å². The van der Waals surface area contributed by atoms with Crippen LogP contribution in [0.5, 0.6) is 0 Å². The van der Waals surface area contributed by atoms with Crippen molar-refractivity contribution < 1.29 is 0 Å². The van der Waals surface area contributed by atoms with Gasteiger partial charge in [0.15, 0.2) is 0 Å². The van der Waals surface area contributed by atoms with Crippen molar-refractivity contribution in [2.75, 3.05) is 12.8 Å². The average molecular weight is 234 g/mol. The summed E-state index contributed by atoms with van der Waals surface area (Å²) in [7, 11) is 1.83. The second-order valence-electron chi connectivity index (χ2n) is 4.11. The summed E-state index contributed by atoms with van der Waals surface area (Å²) in [5.41, 5.74) is 0.874. The molecule has 86 valence electrons. The van der Waals surface area contributed by atoms with Crippen molar-refractivity contribution in [1.82, 2.24) is 5.32 Å². The molecule has 1 unspecified atom stereocenters. The predicted octanol–water partition coefficient (Wildman–Crippen LogP) is 2.98. The topological polar surface area (TPSA) is 35.8 Å². The van der Waals surface area contributed by atoms with Crippen LogP contribution in [0.15, 0.2) is 29.2 Å². The molecule has 1 aromatic rings. The van der Waals surface area contributed by atoms with Gasteiger partial charge in [-0.3, -0.25) is 0 Å². The van der Waals surface area contributed by atoms with Crippen LogP contribution in [-0.2, 0) is 0 Å². The van der Waals surface area contributed by atoms with Crippen LogP contribution in [0.3, 0.4) is 0 Å². The molecule has 1 aromatic carbocycles. The predicted molar refractivity (Wildman–Crippen MR) is 69.6 cm³/mol. The average Bonchev–Trinajstić information content (AvgIpc) is 2.31. The van der Waals surface area contributed by atoms with E-state index in [1.54, 1.807) is 11.8 Å². The first kappa shape index (κ1) is 13.1. The van der Waals surface area contributed by atoms with E-state index in [0.717, 1.165) is 12.2 Å². The molecule has 1 rings (SSSR count). The van der Waals surface area contributed by atoms with Crippen molar-refractivity contribution in [1.29, 1.82) is 5.26 Å². The van der Waals surface area contributed by atoms with E-state index in [4.69, 9.17) is 5.26 Å². The first-order chi connectivity index (χ1) is 7.59. The van der Waals surface area contributed by atoms with Gasteiger partial charge in [0, 0.05) is 10.6 Å². The van der Waals surface area contributed by atoms with E-state index < -0.39 is 5.54 Å². The second kappa shape index (κ2) is 5.93. The normalized spacial score (nSPS) is 14.1. The van der Waals surface area contributed by atoms with Gasteiger partial charge in [0.25, 0.3) is 0 Å². The maximum atomic E-state index is 9.00. The molecule has 0 aromatic heterocycles. The third kappa shape index (κ3) is 3.88. The zero-order chi connectivity index (χ0) is 12.0. The van der Waals surface area contributed by atoms with Crippen LogP contribution in [0.1, 0.15) is 18.9 Å². The second-order valence-corrected chi connectivity index (χ2v) is 5.27. The van der Waals surface area contributed by atoms with Crippen LogP contribution in [0.4, 0.5) is 0 Å². The largest absolute Gasteiger partial charge is 0.303 e. The summed E-state index contributed by atoms with van der Waals surface area (Å²) >= 11 is 1.80. The van der Waals surface area contributed by atoms with Crippen molar-refractivity contribution in [3.05, 3.63) is 29.8 Å². The van der Waals surface area contributed by atoms with Crippen molar-refractivity contribution >= 4 is 11.8 Å². The van der Waals surface area contributed by atoms with Gasteiger partial charge in [0.1, 0.15) is 5.54 Å². The number of nitriles is 1. The van der Waals surface area contributed by atoms with Crippen LogP contribution in [-0.4, -0.2) is 18.3 Å². The number of nitrogens with zero attached hydrogens (tertiary/aromatic N) is 1. The highest BCUT2D eigenvalue weighted by molar-refractivity contribution is 7.99. The Hall–Kier alpha value is -0.980. The summed E-state index contributed by atoms with van der Waals surface area (Å²) in [6.45, 7) is 4.02. The van der Waals surface area contributed by atoms with Crippen LogP contribution in [0.25, 0.3) is 0 Å². The molecule has 0 saturated heterocycles. The lowest BCUT2D eigenvalue weighted by atomic mass is 10.0. The fourth-order valence-electron chi connectivity index (χ4n) is 1.24. The number of rotatable bonds is 5. The van der Waals surface area contributed by atoms with Crippen LogP contribution in [0, 0.1) is 18.3 Å². The Labute approximate surface area is 102 Å². The maximum absolute atomic E-state index is 9.00. The highest BCUT2D eigenvalue weighted by Gasteiger charge is 2.20. The molecule has 1 N–H and O–H groups in total. The summed E-state index contributed by atoms with van der Waals surface area (Å²) in [6.07, 6.45) is 0.846. The fourth-order valence-corrected chi connectivity index (χ4v) is 2.32. The Kier molecular flexibility index (Phi) is 4.85. The Morgan fingerprint density at radius 2 is 2.00 bits per heavy atom. The molecule has 0 aliphatic carbocycles. The molecule has 3 heteroatoms. The molecule has 0 saturated carbocycles. The summed E-state index contributed by atoms with van der Waals surface area (Å²) in [4.78, 5) is 1.27. The molecule has 0 aliphatic rings. The van der Waals surface area contributed by atoms with E-state index >= 15 is 0 Å². The molecular formula is C13H18N2S. The molecular weight excluding hydrogens is 216 g/mol. The minimum absolute atomic E-state index is 0.405. The molecule has 0 bridgehead atoms. The zero-order valence-electron chi connectivity index (χ0n) is 10.1. The minimum Gasteiger partial charge on any atom is -0.303 e.